The Kier molecular flexibility index (Phi) is 4.43. The number of carbonyl (C=O) groups excluding carboxylic acids is 1. The van der Waals surface area contributed by atoms with Crippen molar-refractivity contribution in [2.45, 2.75) is 70.3 Å². The number of amides is 1. The summed E-state index contributed by atoms with van der Waals surface area (Å²) in [7, 11) is -4.29. The first-order valence-corrected chi connectivity index (χ1v) is 9.29. The van der Waals surface area contributed by atoms with E-state index in [0.717, 1.165) is 6.92 Å². The molecule has 1 N–H and O–H groups in total. The van der Waals surface area contributed by atoms with Gasteiger partial charge < -0.3 is 23.7 Å². The number of ether oxygens (including phenoxy) is 5. The molecular weight excluding hydrogens is 358 g/mol. The highest BCUT2D eigenvalue weighted by molar-refractivity contribution is 7.85. The van der Waals surface area contributed by atoms with E-state index in [1.165, 1.54) is 0 Å². The smallest absolute Gasteiger partial charge is 0.343 e. The van der Waals surface area contributed by atoms with Gasteiger partial charge in [0.1, 0.15) is 24.9 Å². The maximum Gasteiger partial charge on any atom is 0.362 e. The van der Waals surface area contributed by atoms with Crippen molar-refractivity contribution in [1.82, 2.24) is 4.72 Å². The molecule has 0 radical (unpaired) electrons. The summed E-state index contributed by atoms with van der Waals surface area (Å²) in [5.74, 6) is -4.14. The van der Waals surface area contributed by atoms with Crippen LogP contribution in [-0.2, 0) is 43.0 Å². The molecule has 0 aromatic carbocycles. The summed E-state index contributed by atoms with van der Waals surface area (Å²) in [6.45, 7) is 7.57. The average Bonchev–Trinajstić information content (AvgIpc) is 2.87. The minimum Gasteiger partial charge on any atom is -0.343 e. The van der Waals surface area contributed by atoms with Crippen LogP contribution in [0.4, 0.5) is 0 Å². The SMILES string of the molecule is CC(=O)NS(=O)(=O)OC[C@@]12OCC3OC(C)(C)OC3C1OC(C)(C)O2. The third-order valence-corrected chi connectivity index (χ3v) is 4.92. The van der Waals surface area contributed by atoms with Gasteiger partial charge in [-0.05, 0) is 27.7 Å². The van der Waals surface area contributed by atoms with Crippen LogP contribution in [-0.4, -0.2) is 63.2 Å². The Morgan fingerprint density at radius 3 is 2.48 bits per heavy atom. The van der Waals surface area contributed by atoms with Crippen LogP contribution in [0.3, 0.4) is 0 Å². The van der Waals surface area contributed by atoms with Gasteiger partial charge in [0.25, 0.3) is 0 Å². The second kappa shape index (κ2) is 5.84. The molecule has 3 saturated heterocycles. The van der Waals surface area contributed by atoms with E-state index in [1.54, 1.807) is 32.4 Å². The van der Waals surface area contributed by atoms with Crippen LogP contribution in [0.15, 0.2) is 0 Å². The molecule has 10 nitrogen and oxygen atoms in total. The van der Waals surface area contributed by atoms with E-state index in [2.05, 4.69) is 0 Å². The molecule has 3 aliphatic rings. The van der Waals surface area contributed by atoms with Gasteiger partial charge >= 0.3 is 10.3 Å². The second-order valence-corrected chi connectivity index (χ2v) is 8.52. The largest absolute Gasteiger partial charge is 0.362 e. The van der Waals surface area contributed by atoms with Gasteiger partial charge in [0, 0.05) is 6.92 Å². The molecule has 3 unspecified atom stereocenters. The molecule has 0 spiro atoms. The molecule has 0 aliphatic carbocycles. The zero-order chi connectivity index (χ0) is 18.7. The van der Waals surface area contributed by atoms with Crippen LogP contribution in [0.5, 0.6) is 0 Å². The molecule has 144 valence electrons. The van der Waals surface area contributed by atoms with Crippen molar-refractivity contribution < 1.29 is 41.1 Å². The predicted octanol–water partition coefficient (Wildman–Crippen LogP) is -0.218. The normalized spacial score (nSPS) is 38.8. The van der Waals surface area contributed by atoms with E-state index < -0.39 is 52.4 Å². The number of hydrogen-bond donors (Lipinski definition) is 1. The fourth-order valence-electron chi connectivity index (χ4n) is 3.31. The second-order valence-electron chi connectivity index (χ2n) is 7.18. The average molecular weight is 381 g/mol. The first-order chi connectivity index (χ1) is 11.3. The van der Waals surface area contributed by atoms with Gasteiger partial charge in [-0.2, -0.15) is 8.42 Å². The summed E-state index contributed by atoms with van der Waals surface area (Å²) < 4.78 is 59.4. The topological polar surface area (TPSA) is 119 Å². The van der Waals surface area contributed by atoms with Crippen LogP contribution in [0.25, 0.3) is 0 Å². The lowest BCUT2D eigenvalue weighted by Gasteiger charge is -2.40. The number of nitrogens with one attached hydrogen (secondary N) is 1. The Hall–Kier alpha value is -0.820. The maximum atomic E-state index is 11.8. The Balaban J connectivity index is 1.81. The first kappa shape index (κ1) is 19.0. The number of rotatable bonds is 4. The fraction of sp³-hybridized carbons (Fsp3) is 0.929. The molecule has 4 atom stereocenters. The van der Waals surface area contributed by atoms with Crippen molar-refractivity contribution in [2.24, 2.45) is 0 Å². The molecule has 1 amide bonds. The third kappa shape index (κ3) is 3.82. The standard InChI is InChI=1S/C14H23NO9S/c1-8(16)15-25(17,18)20-7-14-11(23-13(4,5)24-14)10-9(6-19-14)21-12(2,3)22-10/h9-11H,6-7H2,1-5H3,(H,15,16)/t9?,10?,11?,14-/m0/s1. The highest BCUT2D eigenvalue weighted by Crippen LogP contribution is 2.47. The van der Waals surface area contributed by atoms with E-state index in [4.69, 9.17) is 27.9 Å². The van der Waals surface area contributed by atoms with Crippen LogP contribution in [0, 0.1) is 0 Å². The van der Waals surface area contributed by atoms with Crippen LogP contribution in [0.1, 0.15) is 34.6 Å². The predicted molar refractivity (Wildman–Crippen MR) is 81.2 cm³/mol. The lowest BCUT2D eigenvalue weighted by Crippen LogP contribution is -2.60. The highest BCUT2D eigenvalue weighted by Gasteiger charge is 2.65. The molecule has 3 fully saturated rings. The molecule has 11 heteroatoms. The molecule has 3 aliphatic heterocycles. The zero-order valence-corrected chi connectivity index (χ0v) is 15.5. The summed E-state index contributed by atoms with van der Waals surface area (Å²) in [5, 5.41) is 0. The van der Waals surface area contributed by atoms with Gasteiger partial charge in [-0.3, -0.25) is 4.79 Å². The molecule has 25 heavy (non-hydrogen) atoms. The molecule has 0 aromatic heterocycles. The van der Waals surface area contributed by atoms with E-state index in [9.17, 15) is 13.2 Å². The lowest BCUT2D eigenvalue weighted by molar-refractivity contribution is -0.290. The zero-order valence-electron chi connectivity index (χ0n) is 14.7. The van der Waals surface area contributed by atoms with Gasteiger partial charge in [0.05, 0.1) is 6.61 Å². The summed E-state index contributed by atoms with van der Waals surface area (Å²) in [4.78, 5) is 11.0. The van der Waals surface area contributed by atoms with Crippen molar-refractivity contribution in [1.29, 1.82) is 0 Å². The summed E-state index contributed by atoms with van der Waals surface area (Å²) >= 11 is 0. The maximum absolute atomic E-state index is 11.8. The number of hydrogen-bond acceptors (Lipinski definition) is 9. The summed E-state index contributed by atoms with van der Waals surface area (Å²) in [5.41, 5.74) is 0. The van der Waals surface area contributed by atoms with Crippen molar-refractivity contribution in [3.8, 4) is 0 Å². The van der Waals surface area contributed by atoms with Gasteiger partial charge in [-0.1, -0.05) is 0 Å². The minimum absolute atomic E-state index is 0.119. The van der Waals surface area contributed by atoms with E-state index in [1.807, 2.05) is 0 Å². The van der Waals surface area contributed by atoms with Crippen LogP contribution >= 0.6 is 0 Å². The molecule has 3 heterocycles. The molecule has 0 saturated carbocycles. The Morgan fingerprint density at radius 2 is 1.84 bits per heavy atom. The third-order valence-electron chi connectivity index (χ3n) is 3.96. The summed E-state index contributed by atoms with van der Waals surface area (Å²) in [6, 6.07) is 0. The van der Waals surface area contributed by atoms with Gasteiger partial charge in [-0.15, -0.1) is 0 Å². The quantitative estimate of drug-likeness (QED) is 0.705. The first-order valence-electron chi connectivity index (χ1n) is 7.88. The van der Waals surface area contributed by atoms with Crippen molar-refractivity contribution in [3.63, 3.8) is 0 Å². The van der Waals surface area contributed by atoms with Crippen LogP contribution in [0.2, 0.25) is 0 Å². The van der Waals surface area contributed by atoms with Crippen molar-refractivity contribution in [2.75, 3.05) is 13.2 Å². The molecule has 0 bridgehead atoms. The number of fused-ring (bicyclic) bond motifs is 3. The van der Waals surface area contributed by atoms with Crippen molar-refractivity contribution >= 4 is 16.2 Å². The molecule has 3 rings (SSSR count). The van der Waals surface area contributed by atoms with E-state index >= 15 is 0 Å². The molecular formula is C14H23NO9S. The van der Waals surface area contributed by atoms with Crippen molar-refractivity contribution in [3.05, 3.63) is 0 Å². The van der Waals surface area contributed by atoms with Gasteiger partial charge in [0.15, 0.2) is 11.6 Å². The number of carbonyl (C=O) groups is 1. The van der Waals surface area contributed by atoms with Gasteiger partial charge in [-0.25, -0.2) is 8.91 Å². The summed E-state index contributed by atoms with van der Waals surface area (Å²) in [6.07, 6.45) is -1.66. The van der Waals surface area contributed by atoms with E-state index in [-0.39, 0.29) is 12.7 Å². The minimum atomic E-state index is -4.29. The Labute approximate surface area is 146 Å². The molecule has 0 aromatic rings. The highest BCUT2D eigenvalue weighted by atomic mass is 32.2. The Bertz CT molecular complexity index is 661. The Morgan fingerprint density at radius 1 is 1.16 bits per heavy atom. The van der Waals surface area contributed by atoms with Gasteiger partial charge in [0.2, 0.25) is 11.7 Å². The van der Waals surface area contributed by atoms with E-state index in [0.29, 0.717) is 0 Å². The monoisotopic (exact) mass is 381 g/mol. The fourth-order valence-corrected chi connectivity index (χ4v) is 4.04. The van der Waals surface area contributed by atoms with Crippen LogP contribution < -0.4 is 4.72 Å². The lowest BCUT2D eigenvalue weighted by atomic mass is 9.98.